The van der Waals surface area contributed by atoms with Gasteiger partial charge in [-0.3, -0.25) is 4.79 Å². The number of fused-ring (bicyclic) bond motifs is 1. The number of rotatable bonds is 2. The molecule has 0 N–H and O–H groups in total. The molecule has 4 rings (SSSR count). The monoisotopic (exact) mass is 407 g/mol. The minimum Gasteiger partial charge on any atom is -0.490 e. The molecule has 2 aliphatic heterocycles. The Balaban J connectivity index is 1.62. The van der Waals surface area contributed by atoms with Crippen LogP contribution < -0.4 is 9.47 Å². The highest BCUT2D eigenvalue weighted by atomic mass is 79.9. The number of benzene rings is 1. The molecule has 126 valence electrons. The Morgan fingerprint density at radius 1 is 1.17 bits per heavy atom. The normalized spacial score (nSPS) is 20.0. The summed E-state index contributed by atoms with van der Waals surface area (Å²) in [6, 6.07) is 8.10. The minimum absolute atomic E-state index is 0.101. The number of ether oxygens (including phenoxy) is 2. The average Bonchev–Trinajstić information content (AvgIpc) is 3.18. The Bertz CT molecular complexity index is 760. The first-order chi connectivity index (χ1) is 11.7. The van der Waals surface area contributed by atoms with Crippen molar-refractivity contribution < 1.29 is 14.3 Å². The number of halogens is 1. The van der Waals surface area contributed by atoms with E-state index in [0.29, 0.717) is 13.2 Å². The maximum atomic E-state index is 12.9. The van der Waals surface area contributed by atoms with E-state index < -0.39 is 0 Å². The summed E-state index contributed by atoms with van der Waals surface area (Å²) in [5.41, 5.74) is 1.12. The molecule has 0 aliphatic carbocycles. The Morgan fingerprint density at radius 3 is 2.79 bits per heavy atom. The van der Waals surface area contributed by atoms with Gasteiger partial charge in [0.05, 0.1) is 19.3 Å². The van der Waals surface area contributed by atoms with Crippen molar-refractivity contribution >= 4 is 33.2 Å². The number of hydrogen-bond donors (Lipinski definition) is 0. The molecule has 2 aliphatic rings. The fraction of sp³-hybridized carbons (Fsp3) is 0.389. The Labute approximate surface area is 153 Å². The van der Waals surface area contributed by atoms with Crippen LogP contribution in [-0.4, -0.2) is 30.6 Å². The van der Waals surface area contributed by atoms with Crippen molar-refractivity contribution in [2.24, 2.45) is 0 Å². The summed E-state index contributed by atoms with van der Waals surface area (Å²) in [6.45, 7) is 2.15. The maximum Gasteiger partial charge on any atom is 0.265 e. The second kappa shape index (κ2) is 6.76. The van der Waals surface area contributed by atoms with Gasteiger partial charge in [-0.2, -0.15) is 0 Å². The van der Waals surface area contributed by atoms with Crippen molar-refractivity contribution in [1.29, 1.82) is 0 Å². The molecule has 0 radical (unpaired) electrons. The van der Waals surface area contributed by atoms with Crippen LogP contribution in [0.5, 0.6) is 11.5 Å². The summed E-state index contributed by atoms with van der Waals surface area (Å²) in [5.74, 6) is 1.70. The van der Waals surface area contributed by atoms with Crippen molar-refractivity contribution in [2.75, 3.05) is 19.8 Å². The Morgan fingerprint density at radius 2 is 2.00 bits per heavy atom. The third-order valence-corrected chi connectivity index (χ3v) is 6.31. The molecule has 1 amide bonds. The fourth-order valence-electron chi connectivity index (χ4n) is 3.32. The highest BCUT2D eigenvalue weighted by Gasteiger charge is 2.32. The van der Waals surface area contributed by atoms with Crippen LogP contribution in [0.2, 0.25) is 0 Å². The predicted molar refractivity (Wildman–Crippen MR) is 97.1 cm³/mol. The van der Waals surface area contributed by atoms with Gasteiger partial charge in [-0.1, -0.05) is 6.07 Å². The molecule has 1 atom stereocenters. The molecule has 0 unspecified atom stereocenters. The van der Waals surface area contributed by atoms with Gasteiger partial charge >= 0.3 is 0 Å². The first kappa shape index (κ1) is 16.0. The van der Waals surface area contributed by atoms with Gasteiger partial charge in [0.15, 0.2) is 11.5 Å². The van der Waals surface area contributed by atoms with E-state index in [-0.39, 0.29) is 11.9 Å². The second-order valence-electron chi connectivity index (χ2n) is 6.01. The van der Waals surface area contributed by atoms with Gasteiger partial charge in [0.25, 0.3) is 5.91 Å². The molecule has 3 heterocycles. The summed E-state index contributed by atoms with van der Waals surface area (Å²) in [5, 5.41) is 1.94. The zero-order chi connectivity index (χ0) is 16.5. The molecule has 1 aromatic heterocycles. The number of likely N-dealkylation sites (tertiary alicyclic amines) is 1. The molecule has 2 aromatic rings. The lowest BCUT2D eigenvalue weighted by atomic mass is 10.0. The molecule has 1 fully saturated rings. The van der Waals surface area contributed by atoms with E-state index in [0.717, 1.165) is 52.2 Å². The zero-order valence-electron chi connectivity index (χ0n) is 13.2. The van der Waals surface area contributed by atoms with Crippen LogP contribution in [0.1, 0.15) is 40.5 Å². The molecule has 0 spiro atoms. The molecule has 4 nitrogen and oxygen atoms in total. The summed E-state index contributed by atoms with van der Waals surface area (Å²) in [6.07, 6.45) is 2.90. The molecule has 1 saturated heterocycles. The Kier molecular flexibility index (Phi) is 4.50. The van der Waals surface area contributed by atoms with E-state index >= 15 is 0 Å². The van der Waals surface area contributed by atoms with E-state index in [1.54, 1.807) is 0 Å². The van der Waals surface area contributed by atoms with E-state index in [4.69, 9.17) is 9.47 Å². The summed E-state index contributed by atoms with van der Waals surface area (Å²) < 4.78 is 12.4. The van der Waals surface area contributed by atoms with Crippen LogP contribution in [0.4, 0.5) is 0 Å². The second-order valence-corrected chi connectivity index (χ2v) is 7.78. The molecular weight excluding hydrogens is 390 g/mol. The highest BCUT2D eigenvalue weighted by molar-refractivity contribution is 9.10. The number of carbonyl (C=O) groups excluding carboxylic acids is 1. The van der Waals surface area contributed by atoms with Crippen molar-refractivity contribution in [3.8, 4) is 11.5 Å². The van der Waals surface area contributed by atoms with Crippen LogP contribution >= 0.6 is 27.3 Å². The first-order valence-corrected chi connectivity index (χ1v) is 9.85. The van der Waals surface area contributed by atoms with Crippen molar-refractivity contribution in [3.05, 3.63) is 44.6 Å². The topological polar surface area (TPSA) is 38.8 Å². The molecule has 1 aromatic carbocycles. The standard InChI is InChI=1S/C18H18BrNO3S/c19-13-6-10-24-17(13)18(21)20-7-1-3-14(20)12-4-5-15-16(11-12)23-9-2-8-22-15/h4-6,10-11,14H,1-3,7-9H2/t14-/m1/s1. The predicted octanol–water partition coefficient (Wildman–Crippen LogP) is 4.65. The summed E-state index contributed by atoms with van der Waals surface area (Å²) >= 11 is 4.96. The third kappa shape index (κ3) is 2.93. The van der Waals surface area contributed by atoms with E-state index in [1.165, 1.54) is 11.3 Å². The lowest BCUT2D eigenvalue weighted by Crippen LogP contribution is -2.30. The lowest BCUT2D eigenvalue weighted by Gasteiger charge is -2.25. The van der Waals surface area contributed by atoms with Crippen molar-refractivity contribution in [3.63, 3.8) is 0 Å². The van der Waals surface area contributed by atoms with Crippen molar-refractivity contribution in [1.82, 2.24) is 4.90 Å². The molecular formula is C18H18BrNO3S. The first-order valence-electron chi connectivity index (χ1n) is 8.17. The average molecular weight is 408 g/mol. The van der Waals surface area contributed by atoms with Gasteiger partial charge in [-0.05, 0) is 57.9 Å². The number of nitrogens with zero attached hydrogens (tertiary/aromatic N) is 1. The van der Waals surface area contributed by atoms with Crippen LogP contribution in [-0.2, 0) is 0 Å². The van der Waals surface area contributed by atoms with Gasteiger partial charge in [0.2, 0.25) is 0 Å². The smallest absolute Gasteiger partial charge is 0.265 e. The number of carbonyl (C=O) groups is 1. The van der Waals surface area contributed by atoms with E-state index in [2.05, 4.69) is 22.0 Å². The third-order valence-electron chi connectivity index (χ3n) is 4.48. The summed E-state index contributed by atoms with van der Waals surface area (Å²) in [4.78, 5) is 15.7. The molecule has 0 saturated carbocycles. The number of amides is 1. The quantitative estimate of drug-likeness (QED) is 0.726. The Hall–Kier alpha value is -1.53. The van der Waals surface area contributed by atoms with Crippen LogP contribution in [0, 0.1) is 0 Å². The minimum atomic E-state index is 0.101. The summed E-state index contributed by atoms with van der Waals surface area (Å²) in [7, 11) is 0. The van der Waals surface area contributed by atoms with Crippen LogP contribution in [0.15, 0.2) is 34.1 Å². The molecule has 6 heteroatoms. The fourth-order valence-corrected chi connectivity index (χ4v) is 4.82. The zero-order valence-corrected chi connectivity index (χ0v) is 15.6. The van der Waals surface area contributed by atoms with E-state index in [1.807, 2.05) is 28.5 Å². The van der Waals surface area contributed by atoms with E-state index in [9.17, 15) is 4.79 Å². The van der Waals surface area contributed by atoms with Crippen LogP contribution in [0.25, 0.3) is 0 Å². The highest BCUT2D eigenvalue weighted by Crippen LogP contribution is 2.39. The molecule has 24 heavy (non-hydrogen) atoms. The van der Waals surface area contributed by atoms with Gasteiger partial charge in [-0.15, -0.1) is 11.3 Å². The maximum absolute atomic E-state index is 12.9. The molecule has 0 bridgehead atoms. The van der Waals surface area contributed by atoms with Gasteiger partial charge in [0, 0.05) is 17.4 Å². The van der Waals surface area contributed by atoms with Crippen LogP contribution in [0.3, 0.4) is 0 Å². The lowest BCUT2D eigenvalue weighted by molar-refractivity contribution is 0.0739. The van der Waals surface area contributed by atoms with Gasteiger partial charge < -0.3 is 14.4 Å². The number of thiophene rings is 1. The SMILES string of the molecule is O=C(c1sccc1Br)N1CCC[C@@H]1c1ccc2c(c1)OCCCO2. The van der Waals surface area contributed by atoms with Gasteiger partial charge in [-0.25, -0.2) is 0 Å². The largest absolute Gasteiger partial charge is 0.490 e. The van der Waals surface area contributed by atoms with Gasteiger partial charge in [0.1, 0.15) is 4.88 Å². The number of hydrogen-bond acceptors (Lipinski definition) is 4. The van der Waals surface area contributed by atoms with Crippen molar-refractivity contribution in [2.45, 2.75) is 25.3 Å².